The number of nitrogen functional groups attached to an aromatic ring is 2. The smallest absolute Gasteiger partial charge is 0.135 e. The van der Waals surface area contributed by atoms with Gasteiger partial charge in [-0.2, -0.15) is 0 Å². The summed E-state index contributed by atoms with van der Waals surface area (Å²) in [6.45, 7) is 2.43. The summed E-state index contributed by atoms with van der Waals surface area (Å²) < 4.78 is 2.04. The maximum Gasteiger partial charge on any atom is 0.135 e. The molecule has 7 rings (SSSR count). The Morgan fingerprint density at radius 3 is 2.02 bits per heavy atom. The first kappa shape index (κ1) is 29.8. The van der Waals surface area contributed by atoms with Gasteiger partial charge < -0.3 is 22.1 Å². The van der Waals surface area contributed by atoms with Crippen LogP contribution < -0.4 is 22.1 Å². The van der Waals surface area contributed by atoms with Crippen LogP contribution in [0.15, 0.2) is 139 Å². The van der Waals surface area contributed by atoms with Gasteiger partial charge in [0.2, 0.25) is 0 Å². The predicted octanol–water partition coefficient (Wildman–Crippen LogP) is 6.58. The molecule has 8 heteroatoms. The molecule has 0 saturated heterocycles. The Morgan fingerprint density at radius 1 is 0.818 bits per heavy atom. The molecule has 0 spiro atoms. The number of hydrogen-bond donors (Lipinski definition) is 4. The van der Waals surface area contributed by atoms with Gasteiger partial charge in [0.05, 0.1) is 30.0 Å². The van der Waals surface area contributed by atoms with E-state index < -0.39 is 0 Å². The van der Waals surface area contributed by atoms with E-state index in [1.54, 1.807) is 6.20 Å². The number of hydrogen-bond acceptors (Lipinski definition) is 5. The summed E-state index contributed by atoms with van der Waals surface area (Å²) >= 11 is 0. The minimum atomic E-state index is 0.121. The number of nitrogens with zero attached hydrogens (tertiary/aromatic N) is 4. The summed E-state index contributed by atoms with van der Waals surface area (Å²) in [6.07, 6.45) is 2.43. The zero-order chi connectivity index (χ0) is 30.9. The highest BCUT2D eigenvalue weighted by molar-refractivity contribution is 6.09. The number of aromatic nitrogens is 2. The number of benzene rings is 4. The number of nitrogens with one attached hydrogen (secondary N) is 1. The van der Waals surface area contributed by atoms with Crippen molar-refractivity contribution in [1.29, 1.82) is 5.41 Å². The number of anilines is 2. The molecule has 3 heterocycles. The van der Waals surface area contributed by atoms with Crippen molar-refractivity contribution in [3.8, 4) is 5.69 Å². The average Bonchev–Trinajstić information content (AvgIpc) is 3.56. The molecule has 0 aliphatic carbocycles. The molecule has 2 aromatic heterocycles. The first-order chi connectivity index (χ1) is 21.5. The highest BCUT2D eigenvalue weighted by atomic mass is 15.3. The van der Waals surface area contributed by atoms with Crippen molar-refractivity contribution < 1.29 is 0 Å². The van der Waals surface area contributed by atoms with E-state index in [1.807, 2.05) is 113 Å². The fourth-order valence-corrected chi connectivity index (χ4v) is 5.00. The summed E-state index contributed by atoms with van der Waals surface area (Å²) in [5.41, 5.74) is 24.7. The van der Waals surface area contributed by atoms with Crippen molar-refractivity contribution in [3.05, 3.63) is 150 Å². The van der Waals surface area contributed by atoms with Gasteiger partial charge in [0.1, 0.15) is 23.2 Å². The van der Waals surface area contributed by atoms with Crippen molar-refractivity contribution in [2.24, 2.45) is 16.5 Å². The van der Waals surface area contributed by atoms with E-state index in [-0.39, 0.29) is 5.84 Å². The van der Waals surface area contributed by atoms with Crippen LogP contribution in [0, 0.1) is 12.3 Å². The molecule has 0 amide bonds. The van der Waals surface area contributed by atoms with Gasteiger partial charge in [-0.25, -0.2) is 4.99 Å². The summed E-state index contributed by atoms with van der Waals surface area (Å²) in [5.74, 6) is 1.59. The molecule has 0 bridgehead atoms. The SMILES string of the molecule is Cc1ccccc1.N=C(N)c1ccccc1.NCN1C(=Nc2c(N)n(-c3ccccc3)c3ccccc23)Cc2ncccc21. The highest BCUT2D eigenvalue weighted by Crippen LogP contribution is 2.39. The molecule has 44 heavy (non-hydrogen) atoms. The number of aliphatic imine (C=N–C) groups is 1. The third-order valence-electron chi connectivity index (χ3n) is 7.14. The molecule has 1 aliphatic heterocycles. The number of rotatable bonds is 4. The number of aryl methyl sites for hydroxylation is 1. The Kier molecular flexibility index (Phi) is 9.44. The minimum Gasteiger partial charge on any atom is -0.384 e. The first-order valence-electron chi connectivity index (χ1n) is 14.3. The molecular weight excluding hydrogens is 544 g/mol. The molecule has 7 N–H and O–H groups in total. The third-order valence-corrected chi connectivity index (χ3v) is 7.14. The number of fused-ring (bicyclic) bond motifs is 2. The maximum atomic E-state index is 7.01. The monoisotopic (exact) mass is 580 g/mol. The van der Waals surface area contributed by atoms with Crippen LogP contribution in [0.1, 0.15) is 16.8 Å². The van der Waals surface area contributed by atoms with E-state index in [9.17, 15) is 0 Å². The van der Waals surface area contributed by atoms with E-state index in [0.717, 1.165) is 45.1 Å². The van der Waals surface area contributed by atoms with Crippen LogP contribution in [-0.2, 0) is 6.42 Å². The minimum absolute atomic E-state index is 0.121. The summed E-state index contributed by atoms with van der Waals surface area (Å²) in [4.78, 5) is 11.4. The quantitative estimate of drug-likeness (QED) is 0.138. The van der Waals surface area contributed by atoms with Gasteiger partial charge in [-0.15, -0.1) is 0 Å². The highest BCUT2D eigenvalue weighted by Gasteiger charge is 2.26. The zero-order valence-corrected chi connectivity index (χ0v) is 24.6. The van der Waals surface area contributed by atoms with Crippen LogP contribution in [0.2, 0.25) is 0 Å². The largest absolute Gasteiger partial charge is 0.384 e. The van der Waals surface area contributed by atoms with Crippen LogP contribution in [0.4, 0.5) is 17.2 Å². The molecule has 0 saturated carbocycles. The lowest BCUT2D eigenvalue weighted by atomic mass is 10.2. The Labute approximate surface area is 257 Å². The number of pyridine rings is 1. The maximum absolute atomic E-state index is 7.01. The Hall–Kier alpha value is -5.73. The van der Waals surface area contributed by atoms with Gasteiger partial charge in [0.25, 0.3) is 0 Å². The molecule has 4 aromatic carbocycles. The van der Waals surface area contributed by atoms with Crippen LogP contribution in [-0.4, -0.2) is 27.9 Å². The summed E-state index contributed by atoms with van der Waals surface area (Å²) in [6, 6.07) is 41.7. The van der Waals surface area contributed by atoms with Crippen LogP contribution >= 0.6 is 0 Å². The van der Waals surface area contributed by atoms with Crippen molar-refractivity contribution >= 4 is 39.8 Å². The van der Waals surface area contributed by atoms with Crippen LogP contribution in [0.3, 0.4) is 0 Å². The Bertz CT molecular complexity index is 1860. The molecule has 220 valence electrons. The third kappa shape index (κ3) is 6.67. The second kappa shape index (κ2) is 14.0. The van der Waals surface area contributed by atoms with E-state index in [2.05, 4.69) is 36.2 Å². The van der Waals surface area contributed by atoms with Crippen LogP contribution in [0.25, 0.3) is 16.6 Å². The van der Waals surface area contributed by atoms with Crippen molar-refractivity contribution in [2.75, 3.05) is 17.3 Å². The van der Waals surface area contributed by atoms with Crippen molar-refractivity contribution in [3.63, 3.8) is 0 Å². The fourth-order valence-electron chi connectivity index (χ4n) is 5.00. The molecule has 0 fully saturated rings. The van der Waals surface area contributed by atoms with Gasteiger partial charge in [0.15, 0.2) is 0 Å². The zero-order valence-electron chi connectivity index (χ0n) is 24.6. The molecule has 8 nitrogen and oxygen atoms in total. The normalized spacial score (nSPS) is 12.6. The fraction of sp³-hybridized carbons (Fsp3) is 0.0833. The van der Waals surface area contributed by atoms with Gasteiger partial charge in [-0.1, -0.05) is 103 Å². The average molecular weight is 581 g/mol. The molecule has 0 radical (unpaired) electrons. The second-order valence-electron chi connectivity index (χ2n) is 10.1. The summed E-state index contributed by atoms with van der Waals surface area (Å²) in [5, 5.41) is 8.02. The standard InChI is InChI=1S/C22H20N6.C7H8N2.C7H8/c23-14-27-19-11-6-12-25-17(19)13-20(27)26-21-16-9-4-5-10-18(16)28(22(21)24)15-7-2-1-3-8-15;8-7(9)6-4-2-1-3-5-6;1-7-5-3-2-4-6-7/h1-12H,13-14,23-24H2;1-5H,(H3,8,9);2-6H,1H3. The Morgan fingerprint density at radius 2 is 1.43 bits per heavy atom. The first-order valence-corrected chi connectivity index (χ1v) is 14.3. The van der Waals surface area contributed by atoms with E-state index in [0.29, 0.717) is 18.9 Å². The lowest BCUT2D eigenvalue weighted by Crippen LogP contribution is -2.32. The molecule has 0 unspecified atom stereocenters. The molecule has 6 aromatic rings. The molecule has 1 aliphatic rings. The van der Waals surface area contributed by atoms with Crippen molar-refractivity contribution in [1.82, 2.24) is 9.55 Å². The summed E-state index contributed by atoms with van der Waals surface area (Å²) in [7, 11) is 0. The van der Waals surface area contributed by atoms with Gasteiger partial charge in [-0.3, -0.25) is 15.0 Å². The number of nitrogens with two attached hydrogens (primary N) is 3. The molecule has 0 atom stereocenters. The second-order valence-corrected chi connectivity index (χ2v) is 10.1. The number of para-hydroxylation sites is 2. The van der Waals surface area contributed by atoms with E-state index in [4.69, 9.17) is 27.6 Å². The lowest BCUT2D eigenvalue weighted by Gasteiger charge is -2.17. The van der Waals surface area contributed by atoms with Crippen LogP contribution in [0.5, 0.6) is 0 Å². The Balaban J connectivity index is 0.000000196. The predicted molar refractivity (Wildman–Crippen MR) is 183 cm³/mol. The number of amidine groups is 2. The van der Waals surface area contributed by atoms with E-state index in [1.165, 1.54) is 5.56 Å². The lowest BCUT2D eigenvalue weighted by molar-refractivity contribution is 1.02. The molecular formula is C36H36N8. The van der Waals surface area contributed by atoms with Crippen molar-refractivity contribution in [2.45, 2.75) is 13.3 Å². The van der Waals surface area contributed by atoms with E-state index >= 15 is 0 Å². The van der Waals surface area contributed by atoms with Gasteiger partial charge in [-0.05, 0) is 37.3 Å². The van der Waals surface area contributed by atoms with Gasteiger partial charge in [0, 0.05) is 22.8 Å². The van der Waals surface area contributed by atoms with Gasteiger partial charge >= 0.3 is 0 Å². The topological polar surface area (TPSA) is 135 Å².